The minimum absolute atomic E-state index is 0.00614. The minimum Gasteiger partial charge on any atom is -0.778 e. The summed E-state index contributed by atoms with van der Waals surface area (Å²) in [5, 5.41) is 108. The topological polar surface area (TPSA) is 566 Å². The van der Waals surface area contributed by atoms with Gasteiger partial charge in [-0.3, -0.25) is 38.4 Å². The molecule has 3 aliphatic heterocycles. The molecule has 16 N–H and O–H groups in total. The number of hydrogen-bond acceptors (Lipinski definition) is 32. The predicted octanol–water partition coefficient (Wildman–Crippen LogP) is -8.66. The summed E-state index contributed by atoms with van der Waals surface area (Å²) in [6.07, 6.45) is -16.9. The number of carbonyl (C=O) groups is 8. The van der Waals surface area contributed by atoms with Gasteiger partial charge in [-0.15, -0.1) is 0 Å². The second-order valence-electron chi connectivity index (χ2n) is 25.7. The summed E-state index contributed by atoms with van der Waals surface area (Å²) in [5.74, 6) is -5.91. The van der Waals surface area contributed by atoms with Crippen LogP contribution >= 0.6 is 7.60 Å². The summed E-state index contributed by atoms with van der Waals surface area (Å²) in [5.41, 5.74) is 0. The van der Waals surface area contributed by atoms with E-state index in [1.807, 2.05) is 0 Å². The third kappa shape index (κ3) is 32.2. The van der Waals surface area contributed by atoms with Crippen LogP contribution in [0.15, 0.2) is 0 Å². The highest BCUT2D eigenvalue weighted by Crippen LogP contribution is 2.53. The standard InChI is InChI=1S/C62H111N8O32P/c1-36(74)66-48-54(83)51(80)42(33-71)99-59(48)96-28-25-93-22-19-90-16-13-63-45(77)12-11-41(69-57(86)39-7-9-40(10-8-39)102-103(88,89)62(4,5)6)58(87)70(31-46(78)64-14-17-91-20-23-94-26-29-97-60-49(67-37(2)75)55(84)52(81)43(34-72)100-60)32-47(79)65-15-18-92-21-24-95-27-30-98-61-50(68-38(3)76)56(85)53(82)44(35-73)101-61/h39-44,48-56,59-61,71-73,80-85H,7-35H2,1-6H3,(H,63,77)(H,64,78)(H,65,79)(H,66,74)(H,67,75)(H,68,76)(H,69,86)(H,88,89)/p-1. The molecule has 1 saturated carbocycles. The Balaban J connectivity index is 1.34. The Hall–Kier alpha value is -4.93. The van der Waals surface area contributed by atoms with Crippen LogP contribution in [0.5, 0.6) is 0 Å². The normalized spacial score (nSPS) is 28.2. The third-order valence-electron chi connectivity index (χ3n) is 16.5. The monoisotopic (exact) mass is 1510 g/mol. The fourth-order valence-electron chi connectivity index (χ4n) is 10.8. The molecule has 0 radical (unpaired) electrons. The fraction of sp³-hybridized carbons (Fsp3) is 0.871. The lowest BCUT2D eigenvalue weighted by Gasteiger charge is -2.42. The number of aliphatic hydroxyl groups is 9. The maximum absolute atomic E-state index is 14.8. The van der Waals surface area contributed by atoms with Crippen LogP contribution in [-0.4, -0.2) is 359 Å². The molecule has 8 amide bonds. The summed E-state index contributed by atoms with van der Waals surface area (Å²) in [4.78, 5) is 118. The Kier molecular flexibility index (Phi) is 41.9. The van der Waals surface area contributed by atoms with E-state index in [0.29, 0.717) is 0 Å². The SMILES string of the molecule is CC(=O)NC1C(OCCOCCOCCNC(=O)CCC(NC(=O)C2CCC(OP(=O)([O-])C(C)(C)C)CC2)C(=O)N(CC(=O)NCCOCCOCCOC2OC(CO)C(O)C(O)C2NC(C)=O)CC(=O)NCCOCCOCCOC2OC(CO)C(O)C(O)C2NC(C)=O)OC(CO)C(O)C1O. The molecule has 3 heterocycles. The predicted molar refractivity (Wildman–Crippen MR) is 350 cm³/mol. The zero-order valence-corrected chi connectivity index (χ0v) is 60.1. The highest BCUT2D eigenvalue weighted by molar-refractivity contribution is 7.53. The molecule has 0 aromatic carbocycles. The number of rotatable bonds is 48. The van der Waals surface area contributed by atoms with Gasteiger partial charge >= 0.3 is 0 Å². The molecule has 3 saturated heterocycles. The van der Waals surface area contributed by atoms with Crippen molar-refractivity contribution in [3.05, 3.63) is 0 Å². The summed E-state index contributed by atoms with van der Waals surface area (Å²) in [7, 11) is -4.31. The van der Waals surface area contributed by atoms with Crippen LogP contribution in [-0.2, 0) is 104 Å². The molecule has 4 fully saturated rings. The van der Waals surface area contributed by atoms with Crippen LogP contribution in [0.25, 0.3) is 0 Å². The molecule has 4 rings (SSSR count). The Labute approximate surface area is 597 Å². The smallest absolute Gasteiger partial charge is 0.246 e. The lowest BCUT2D eigenvalue weighted by molar-refractivity contribution is -0.272. The van der Waals surface area contributed by atoms with Crippen LogP contribution < -0.4 is 42.1 Å². The van der Waals surface area contributed by atoms with Gasteiger partial charge in [0.15, 0.2) is 18.9 Å². The minimum atomic E-state index is -4.31. The quantitative estimate of drug-likeness (QED) is 0.0199. The van der Waals surface area contributed by atoms with Crippen molar-refractivity contribution in [2.75, 3.05) is 152 Å². The van der Waals surface area contributed by atoms with Gasteiger partial charge in [0.2, 0.25) is 47.3 Å². The van der Waals surface area contributed by atoms with Crippen LogP contribution in [0, 0.1) is 5.92 Å². The van der Waals surface area contributed by atoms with Crippen molar-refractivity contribution in [2.24, 2.45) is 5.92 Å². The highest BCUT2D eigenvalue weighted by atomic mass is 31.2. The molecule has 0 aromatic rings. The van der Waals surface area contributed by atoms with Crippen molar-refractivity contribution in [3.63, 3.8) is 0 Å². The zero-order chi connectivity index (χ0) is 76.2. The molecule has 17 atom stereocenters. The van der Waals surface area contributed by atoms with E-state index in [2.05, 4.69) is 37.2 Å². The number of amides is 8. The first-order chi connectivity index (χ1) is 48.9. The summed E-state index contributed by atoms with van der Waals surface area (Å²) in [6, 6.07) is -4.93. The molecule has 103 heavy (non-hydrogen) atoms. The highest BCUT2D eigenvalue weighted by Gasteiger charge is 2.48. The lowest BCUT2D eigenvalue weighted by Crippen LogP contribution is -2.64. The maximum atomic E-state index is 14.8. The van der Waals surface area contributed by atoms with E-state index < -0.39 is 203 Å². The van der Waals surface area contributed by atoms with Crippen molar-refractivity contribution in [1.29, 1.82) is 0 Å². The Bertz CT molecular complexity index is 2520. The summed E-state index contributed by atoms with van der Waals surface area (Å²) < 4.78 is 85.2. The van der Waals surface area contributed by atoms with E-state index in [-0.39, 0.29) is 157 Å². The molecule has 0 bridgehead atoms. The maximum Gasteiger partial charge on any atom is 0.246 e. The van der Waals surface area contributed by atoms with Gasteiger partial charge in [0, 0.05) is 57.9 Å². The van der Waals surface area contributed by atoms with Crippen molar-refractivity contribution in [3.8, 4) is 0 Å². The van der Waals surface area contributed by atoms with Gasteiger partial charge in [0.05, 0.1) is 125 Å². The largest absolute Gasteiger partial charge is 0.778 e. The van der Waals surface area contributed by atoms with Crippen LogP contribution in [0.4, 0.5) is 0 Å². The van der Waals surface area contributed by atoms with Crippen molar-refractivity contribution in [1.82, 2.24) is 42.1 Å². The molecule has 40 nitrogen and oxygen atoms in total. The number of nitrogens with zero attached hydrogens (tertiary/aromatic N) is 1. The molecule has 1 aliphatic carbocycles. The second kappa shape index (κ2) is 47.7. The van der Waals surface area contributed by atoms with E-state index in [0.717, 1.165) is 4.90 Å². The number of nitrogens with one attached hydrogen (secondary N) is 7. The number of aliphatic hydroxyl groups excluding tert-OH is 9. The first kappa shape index (κ1) is 90.5. The molecule has 17 unspecified atom stereocenters. The second-order valence-corrected chi connectivity index (χ2v) is 28.2. The Morgan fingerprint density at radius 1 is 0.485 bits per heavy atom. The molecular weight excluding hydrogens is 1400 g/mol. The zero-order valence-electron chi connectivity index (χ0n) is 59.2. The van der Waals surface area contributed by atoms with E-state index in [4.69, 9.17) is 61.4 Å². The first-order valence-corrected chi connectivity index (χ1v) is 35.9. The number of hydrogen-bond donors (Lipinski definition) is 16. The van der Waals surface area contributed by atoms with Crippen LogP contribution in [0.1, 0.15) is 80.1 Å². The first-order valence-electron chi connectivity index (χ1n) is 34.3. The molecule has 0 spiro atoms. The average Bonchev–Trinajstić information content (AvgIpc) is 0.824. The van der Waals surface area contributed by atoms with Gasteiger partial charge in [-0.05, 0) is 32.1 Å². The summed E-state index contributed by atoms with van der Waals surface area (Å²) in [6.45, 7) is 4.47. The van der Waals surface area contributed by atoms with Gasteiger partial charge in [-0.1, -0.05) is 20.8 Å². The summed E-state index contributed by atoms with van der Waals surface area (Å²) >= 11 is 0. The third-order valence-corrected chi connectivity index (χ3v) is 18.7. The van der Waals surface area contributed by atoms with Gasteiger partial charge in [0.1, 0.15) is 99.8 Å². The van der Waals surface area contributed by atoms with Crippen molar-refractivity contribution < 1.29 is 155 Å². The van der Waals surface area contributed by atoms with Crippen LogP contribution in [0.2, 0.25) is 0 Å². The number of carbonyl (C=O) groups excluding carboxylic acids is 8. The molecule has 596 valence electrons. The van der Waals surface area contributed by atoms with Crippen molar-refractivity contribution >= 4 is 54.9 Å². The van der Waals surface area contributed by atoms with Gasteiger partial charge in [0.25, 0.3) is 0 Å². The fourth-order valence-corrected chi connectivity index (χ4v) is 11.8. The molecule has 0 aromatic heterocycles. The van der Waals surface area contributed by atoms with E-state index in [9.17, 15) is 93.8 Å². The molecule has 41 heteroatoms. The lowest BCUT2D eigenvalue weighted by atomic mass is 9.86. The van der Waals surface area contributed by atoms with Gasteiger partial charge in [-0.25, -0.2) is 0 Å². The number of ether oxygens (including phenoxy) is 12. The van der Waals surface area contributed by atoms with E-state index >= 15 is 0 Å². The molecular formula is C62H110N8O32P-. The molecule has 4 aliphatic rings. The van der Waals surface area contributed by atoms with E-state index in [1.165, 1.54) is 41.5 Å². The average molecular weight is 1510 g/mol. The van der Waals surface area contributed by atoms with Crippen LogP contribution in [0.3, 0.4) is 0 Å². The van der Waals surface area contributed by atoms with E-state index in [1.54, 1.807) is 0 Å². The van der Waals surface area contributed by atoms with Gasteiger partial charge in [-0.2, -0.15) is 0 Å². The Morgan fingerprint density at radius 3 is 1.13 bits per heavy atom. The van der Waals surface area contributed by atoms with Gasteiger partial charge < -0.3 is 159 Å². The van der Waals surface area contributed by atoms with Crippen molar-refractivity contribution in [2.45, 2.75) is 189 Å². The Morgan fingerprint density at radius 2 is 0.806 bits per heavy atom.